The number of para-hydroxylation sites is 1. The predicted octanol–water partition coefficient (Wildman–Crippen LogP) is 3.82. The van der Waals surface area contributed by atoms with Crippen LogP contribution in [0.3, 0.4) is 0 Å². The van der Waals surface area contributed by atoms with E-state index >= 15 is 0 Å². The van der Waals surface area contributed by atoms with Crippen LogP contribution in [0.15, 0.2) is 36.4 Å². The Labute approximate surface area is 140 Å². The summed E-state index contributed by atoms with van der Waals surface area (Å²) in [5, 5.41) is 2.91. The maximum Gasteiger partial charge on any atom is 0.244 e. The third kappa shape index (κ3) is 2.88. The van der Waals surface area contributed by atoms with Crippen LogP contribution in [-0.4, -0.2) is 16.8 Å². The summed E-state index contributed by atoms with van der Waals surface area (Å²) in [6, 6.07) is 8.73. The van der Waals surface area contributed by atoms with Gasteiger partial charge < -0.3 is 9.88 Å². The van der Waals surface area contributed by atoms with Gasteiger partial charge in [0, 0.05) is 22.2 Å². The van der Waals surface area contributed by atoms with Crippen LogP contribution in [-0.2, 0) is 11.3 Å². The minimum absolute atomic E-state index is 0.210. The van der Waals surface area contributed by atoms with Gasteiger partial charge >= 0.3 is 0 Å². The Morgan fingerprint density at radius 3 is 2.56 bits per heavy atom. The summed E-state index contributed by atoms with van der Waals surface area (Å²) in [6.07, 6.45) is 0.709. The SMILES string of the molecule is Cc1c(C=O)c2ccccc2n1CC(=O)Nc1ccc(F)c(F)c1F. The molecule has 2 aromatic carbocycles. The molecule has 1 aromatic heterocycles. The van der Waals surface area contributed by atoms with Crippen LogP contribution in [0, 0.1) is 24.4 Å². The van der Waals surface area contributed by atoms with Crippen LogP contribution >= 0.6 is 0 Å². The molecular weight excluding hydrogens is 333 g/mol. The van der Waals surface area contributed by atoms with Crippen molar-refractivity contribution in [1.82, 2.24) is 4.57 Å². The molecule has 7 heteroatoms. The van der Waals surface area contributed by atoms with Gasteiger partial charge in [0.1, 0.15) is 6.54 Å². The molecule has 0 aliphatic rings. The van der Waals surface area contributed by atoms with Crippen LogP contribution in [0.25, 0.3) is 10.9 Å². The summed E-state index contributed by atoms with van der Waals surface area (Å²) in [5.74, 6) is -5.08. The van der Waals surface area contributed by atoms with E-state index in [1.807, 2.05) is 0 Å². The lowest BCUT2D eigenvalue weighted by Gasteiger charge is -2.10. The zero-order valence-corrected chi connectivity index (χ0v) is 13.1. The van der Waals surface area contributed by atoms with E-state index in [0.717, 1.165) is 12.1 Å². The second-order valence-corrected chi connectivity index (χ2v) is 5.49. The Hall–Kier alpha value is -3.09. The molecule has 1 heterocycles. The Morgan fingerprint density at radius 2 is 1.84 bits per heavy atom. The molecule has 0 unspecified atom stereocenters. The molecule has 0 spiro atoms. The van der Waals surface area contributed by atoms with Gasteiger partial charge in [-0.05, 0) is 25.1 Å². The Balaban J connectivity index is 1.92. The zero-order valence-electron chi connectivity index (χ0n) is 13.1. The van der Waals surface area contributed by atoms with Crippen molar-refractivity contribution in [2.24, 2.45) is 0 Å². The van der Waals surface area contributed by atoms with E-state index in [4.69, 9.17) is 0 Å². The Bertz CT molecular complexity index is 996. The molecule has 3 aromatic rings. The number of aldehydes is 1. The average molecular weight is 346 g/mol. The number of anilines is 1. The first-order chi connectivity index (χ1) is 11.9. The molecule has 0 saturated carbocycles. The highest BCUT2D eigenvalue weighted by Gasteiger charge is 2.18. The standard InChI is InChI=1S/C18H13F3N2O2/c1-10-12(9-24)11-4-2-3-5-15(11)23(10)8-16(25)22-14-7-6-13(19)17(20)18(14)21/h2-7,9H,8H2,1H3,(H,22,25). The lowest BCUT2D eigenvalue weighted by molar-refractivity contribution is -0.116. The van der Waals surface area contributed by atoms with Gasteiger partial charge in [0.05, 0.1) is 5.69 Å². The zero-order chi connectivity index (χ0) is 18.1. The quantitative estimate of drug-likeness (QED) is 0.577. The summed E-state index contributed by atoms with van der Waals surface area (Å²) in [4.78, 5) is 23.5. The lowest BCUT2D eigenvalue weighted by atomic mass is 10.1. The largest absolute Gasteiger partial charge is 0.335 e. The average Bonchev–Trinajstić information content (AvgIpc) is 2.87. The van der Waals surface area contributed by atoms with Gasteiger partial charge in [-0.1, -0.05) is 18.2 Å². The highest BCUT2D eigenvalue weighted by molar-refractivity contribution is 6.00. The third-order valence-corrected chi connectivity index (χ3v) is 4.01. The van der Waals surface area contributed by atoms with Gasteiger partial charge in [0.15, 0.2) is 23.7 Å². The number of amides is 1. The molecule has 0 aliphatic heterocycles. The summed E-state index contributed by atoms with van der Waals surface area (Å²) in [7, 11) is 0. The third-order valence-electron chi connectivity index (χ3n) is 4.01. The normalized spacial score (nSPS) is 10.9. The van der Waals surface area contributed by atoms with Gasteiger partial charge in [-0.3, -0.25) is 9.59 Å². The molecule has 25 heavy (non-hydrogen) atoms. The van der Waals surface area contributed by atoms with Crippen molar-refractivity contribution >= 4 is 28.8 Å². The highest BCUT2D eigenvalue weighted by atomic mass is 19.2. The highest BCUT2D eigenvalue weighted by Crippen LogP contribution is 2.25. The molecule has 0 radical (unpaired) electrons. The van der Waals surface area contributed by atoms with E-state index in [-0.39, 0.29) is 6.54 Å². The van der Waals surface area contributed by atoms with Crippen LogP contribution in [0.1, 0.15) is 16.1 Å². The monoisotopic (exact) mass is 346 g/mol. The molecule has 0 atom stereocenters. The number of hydrogen-bond acceptors (Lipinski definition) is 2. The number of benzene rings is 2. The first-order valence-corrected chi connectivity index (χ1v) is 7.40. The van der Waals surface area contributed by atoms with Gasteiger partial charge in [-0.25, -0.2) is 13.2 Å². The van der Waals surface area contributed by atoms with Crippen LogP contribution in [0.4, 0.5) is 18.9 Å². The number of aromatic nitrogens is 1. The minimum atomic E-state index is -1.65. The number of halogens is 3. The number of hydrogen-bond donors (Lipinski definition) is 1. The fourth-order valence-electron chi connectivity index (χ4n) is 2.77. The molecule has 0 bridgehead atoms. The number of nitrogens with zero attached hydrogens (tertiary/aromatic N) is 1. The maximum atomic E-state index is 13.7. The first-order valence-electron chi connectivity index (χ1n) is 7.40. The molecular formula is C18H13F3N2O2. The van der Waals surface area contributed by atoms with E-state index in [0.29, 0.717) is 28.4 Å². The van der Waals surface area contributed by atoms with E-state index in [1.165, 1.54) is 0 Å². The van der Waals surface area contributed by atoms with Gasteiger partial charge in [0.25, 0.3) is 0 Å². The second-order valence-electron chi connectivity index (χ2n) is 5.49. The van der Waals surface area contributed by atoms with Gasteiger partial charge in [-0.2, -0.15) is 0 Å². The summed E-state index contributed by atoms with van der Waals surface area (Å²) >= 11 is 0. The van der Waals surface area contributed by atoms with Crippen LogP contribution < -0.4 is 5.32 Å². The van der Waals surface area contributed by atoms with E-state index in [9.17, 15) is 22.8 Å². The molecule has 0 fully saturated rings. The predicted molar refractivity (Wildman–Crippen MR) is 87.0 cm³/mol. The van der Waals surface area contributed by atoms with Crippen molar-refractivity contribution in [2.75, 3.05) is 5.32 Å². The molecule has 0 saturated heterocycles. The van der Waals surface area contributed by atoms with E-state index in [2.05, 4.69) is 5.32 Å². The maximum absolute atomic E-state index is 13.7. The van der Waals surface area contributed by atoms with Crippen molar-refractivity contribution in [1.29, 1.82) is 0 Å². The summed E-state index contributed by atoms with van der Waals surface area (Å²) in [5.41, 5.74) is 1.26. The van der Waals surface area contributed by atoms with E-state index in [1.54, 1.807) is 35.8 Å². The van der Waals surface area contributed by atoms with Crippen molar-refractivity contribution in [3.05, 3.63) is 65.1 Å². The molecule has 1 amide bonds. The number of nitrogens with one attached hydrogen (secondary N) is 1. The summed E-state index contributed by atoms with van der Waals surface area (Å²) in [6.45, 7) is 1.48. The molecule has 4 nitrogen and oxygen atoms in total. The summed E-state index contributed by atoms with van der Waals surface area (Å²) < 4.78 is 41.5. The molecule has 1 N–H and O–H groups in total. The molecule has 3 rings (SSSR count). The first kappa shape index (κ1) is 16.8. The van der Waals surface area contributed by atoms with Crippen molar-refractivity contribution in [2.45, 2.75) is 13.5 Å². The smallest absolute Gasteiger partial charge is 0.244 e. The lowest BCUT2D eigenvalue weighted by Crippen LogP contribution is -2.20. The van der Waals surface area contributed by atoms with Crippen molar-refractivity contribution < 1.29 is 22.8 Å². The van der Waals surface area contributed by atoms with Gasteiger partial charge in [0.2, 0.25) is 5.91 Å². The number of rotatable bonds is 4. The number of carbonyl (C=O) groups excluding carboxylic acids is 2. The number of fused-ring (bicyclic) bond motifs is 1. The molecule has 128 valence electrons. The Kier molecular flexibility index (Phi) is 4.31. The van der Waals surface area contributed by atoms with Gasteiger partial charge in [-0.15, -0.1) is 0 Å². The Morgan fingerprint density at radius 1 is 1.12 bits per heavy atom. The van der Waals surface area contributed by atoms with Crippen LogP contribution in [0.2, 0.25) is 0 Å². The minimum Gasteiger partial charge on any atom is -0.335 e. The van der Waals surface area contributed by atoms with E-state index < -0.39 is 29.0 Å². The second kappa shape index (κ2) is 6.43. The van der Waals surface area contributed by atoms with Crippen molar-refractivity contribution in [3.63, 3.8) is 0 Å². The fourth-order valence-corrected chi connectivity index (χ4v) is 2.77. The topological polar surface area (TPSA) is 51.1 Å². The fraction of sp³-hybridized carbons (Fsp3) is 0.111. The van der Waals surface area contributed by atoms with Crippen molar-refractivity contribution in [3.8, 4) is 0 Å². The number of carbonyl (C=O) groups is 2. The molecule has 0 aliphatic carbocycles. The van der Waals surface area contributed by atoms with Crippen LogP contribution in [0.5, 0.6) is 0 Å².